The van der Waals surface area contributed by atoms with Gasteiger partial charge in [-0.05, 0) is 42.5 Å². The lowest BCUT2D eigenvalue weighted by atomic mass is 10.2. The summed E-state index contributed by atoms with van der Waals surface area (Å²) < 4.78 is 26.0. The minimum atomic E-state index is -0.938. The summed E-state index contributed by atoms with van der Waals surface area (Å²) in [4.78, 5) is 25.6. The number of benzene rings is 2. The molecule has 1 aliphatic heterocycles. The van der Waals surface area contributed by atoms with Crippen molar-refractivity contribution < 1.29 is 18.4 Å². The van der Waals surface area contributed by atoms with Gasteiger partial charge in [-0.25, -0.2) is 13.6 Å². The average Bonchev–Trinajstić information content (AvgIpc) is 3.03. The topological polar surface area (TPSA) is 61.4 Å². The Labute approximate surface area is 147 Å². The maximum atomic E-state index is 13.1. The Morgan fingerprint density at radius 2 is 1.92 bits per heavy atom. The van der Waals surface area contributed by atoms with E-state index < -0.39 is 11.6 Å². The fourth-order valence-electron chi connectivity index (χ4n) is 2.36. The summed E-state index contributed by atoms with van der Waals surface area (Å²) in [6, 6.07) is 10.3. The number of thioether (sulfide) groups is 1. The molecule has 3 amide bonds. The molecule has 3 rings (SSSR count). The third-order valence-electron chi connectivity index (χ3n) is 3.58. The summed E-state index contributed by atoms with van der Waals surface area (Å²) in [5, 5.41) is 5.44. The zero-order valence-corrected chi connectivity index (χ0v) is 13.9. The van der Waals surface area contributed by atoms with Gasteiger partial charge in [-0.3, -0.25) is 9.69 Å². The van der Waals surface area contributed by atoms with Gasteiger partial charge in [0.1, 0.15) is 0 Å². The highest BCUT2D eigenvalue weighted by atomic mass is 32.2. The number of urea groups is 1. The second-order valence-electron chi connectivity index (χ2n) is 5.34. The van der Waals surface area contributed by atoms with Gasteiger partial charge >= 0.3 is 6.03 Å². The van der Waals surface area contributed by atoms with E-state index in [0.717, 1.165) is 29.6 Å². The highest BCUT2D eigenvalue weighted by molar-refractivity contribution is 8.00. The molecule has 0 aliphatic carbocycles. The first-order chi connectivity index (χ1) is 12.0. The Hall–Kier alpha value is -2.61. The second-order valence-corrected chi connectivity index (χ2v) is 6.39. The standard InChI is InChI=1S/C17H15F2N3O2S/c18-14-6-5-13(9-15(14)19)25-10-16(23)21-11-1-3-12(4-2-11)22-8-7-20-17(22)24/h1-6,9H,7-8,10H2,(H,20,24)(H,21,23). The van der Waals surface area contributed by atoms with Crippen LogP contribution < -0.4 is 15.5 Å². The molecule has 1 aliphatic rings. The van der Waals surface area contributed by atoms with Crippen LogP contribution >= 0.6 is 11.8 Å². The Morgan fingerprint density at radius 3 is 2.56 bits per heavy atom. The van der Waals surface area contributed by atoms with Crippen molar-refractivity contribution in [1.82, 2.24) is 5.32 Å². The number of anilines is 2. The molecule has 2 aromatic rings. The normalized spacial score (nSPS) is 13.7. The van der Waals surface area contributed by atoms with E-state index in [1.165, 1.54) is 6.07 Å². The van der Waals surface area contributed by atoms with Gasteiger partial charge in [-0.15, -0.1) is 11.8 Å². The lowest BCUT2D eigenvalue weighted by Gasteiger charge is -2.14. The molecule has 8 heteroatoms. The lowest BCUT2D eigenvalue weighted by Crippen LogP contribution is -2.27. The highest BCUT2D eigenvalue weighted by Crippen LogP contribution is 2.22. The van der Waals surface area contributed by atoms with Crippen LogP contribution in [0, 0.1) is 11.6 Å². The van der Waals surface area contributed by atoms with Crippen molar-refractivity contribution in [3.63, 3.8) is 0 Å². The van der Waals surface area contributed by atoms with Crippen LogP contribution in [0.5, 0.6) is 0 Å². The van der Waals surface area contributed by atoms with Gasteiger partial charge in [0.05, 0.1) is 5.75 Å². The maximum absolute atomic E-state index is 13.1. The van der Waals surface area contributed by atoms with Gasteiger partial charge in [0.15, 0.2) is 11.6 Å². The third kappa shape index (κ3) is 4.27. The first-order valence-electron chi connectivity index (χ1n) is 7.56. The largest absolute Gasteiger partial charge is 0.336 e. The zero-order valence-electron chi connectivity index (χ0n) is 13.1. The Bertz CT molecular complexity index is 799. The Kier molecular flexibility index (Phi) is 5.18. The molecule has 130 valence electrons. The molecule has 1 heterocycles. The second kappa shape index (κ2) is 7.52. The van der Waals surface area contributed by atoms with Crippen molar-refractivity contribution >= 4 is 35.1 Å². The van der Waals surface area contributed by atoms with Crippen molar-refractivity contribution in [2.24, 2.45) is 0 Å². The van der Waals surface area contributed by atoms with E-state index in [0.29, 0.717) is 23.7 Å². The summed E-state index contributed by atoms with van der Waals surface area (Å²) >= 11 is 1.11. The molecule has 2 aromatic carbocycles. The average molecular weight is 363 g/mol. The van der Waals surface area contributed by atoms with Gasteiger partial charge in [-0.2, -0.15) is 0 Å². The molecule has 0 radical (unpaired) electrons. The number of carbonyl (C=O) groups excluding carboxylic acids is 2. The molecule has 0 bridgehead atoms. The first kappa shape index (κ1) is 17.2. The molecule has 0 atom stereocenters. The van der Waals surface area contributed by atoms with E-state index in [1.54, 1.807) is 29.2 Å². The summed E-state index contributed by atoms with van der Waals surface area (Å²) in [6.07, 6.45) is 0. The van der Waals surface area contributed by atoms with Gasteiger partial charge in [0.25, 0.3) is 0 Å². The van der Waals surface area contributed by atoms with Gasteiger partial charge in [0.2, 0.25) is 5.91 Å². The van der Waals surface area contributed by atoms with Gasteiger partial charge < -0.3 is 10.6 Å². The van der Waals surface area contributed by atoms with Crippen LogP contribution in [0.2, 0.25) is 0 Å². The summed E-state index contributed by atoms with van der Waals surface area (Å²) in [7, 11) is 0. The molecule has 0 aromatic heterocycles. The predicted molar refractivity (Wildman–Crippen MR) is 92.9 cm³/mol. The van der Waals surface area contributed by atoms with E-state index in [1.807, 2.05) is 0 Å². The number of hydrogen-bond donors (Lipinski definition) is 2. The summed E-state index contributed by atoms with van der Waals surface area (Å²) in [5.74, 6) is -2.05. The molecule has 0 spiro atoms. The van der Waals surface area contributed by atoms with E-state index in [-0.39, 0.29) is 17.7 Å². The minimum absolute atomic E-state index is 0.0708. The number of amides is 3. The van der Waals surface area contributed by atoms with Crippen molar-refractivity contribution in [2.45, 2.75) is 4.90 Å². The predicted octanol–water partition coefficient (Wildman–Crippen LogP) is 3.23. The zero-order chi connectivity index (χ0) is 17.8. The first-order valence-corrected chi connectivity index (χ1v) is 8.54. The van der Waals surface area contributed by atoms with Gasteiger partial charge in [0, 0.05) is 29.4 Å². The molecular weight excluding hydrogens is 348 g/mol. The Balaban J connectivity index is 1.54. The van der Waals surface area contributed by atoms with Crippen LogP contribution in [0.25, 0.3) is 0 Å². The highest BCUT2D eigenvalue weighted by Gasteiger charge is 2.20. The molecule has 5 nitrogen and oxygen atoms in total. The Morgan fingerprint density at radius 1 is 1.16 bits per heavy atom. The number of rotatable bonds is 5. The van der Waals surface area contributed by atoms with Crippen molar-refractivity contribution in [3.8, 4) is 0 Å². The van der Waals surface area contributed by atoms with Crippen LogP contribution in [0.4, 0.5) is 25.0 Å². The summed E-state index contributed by atoms with van der Waals surface area (Å²) in [6.45, 7) is 1.22. The van der Waals surface area contributed by atoms with E-state index in [4.69, 9.17) is 0 Å². The van der Waals surface area contributed by atoms with E-state index in [9.17, 15) is 18.4 Å². The fraction of sp³-hybridized carbons (Fsp3) is 0.176. The molecule has 1 saturated heterocycles. The molecule has 2 N–H and O–H groups in total. The monoisotopic (exact) mass is 363 g/mol. The minimum Gasteiger partial charge on any atom is -0.336 e. The number of halogens is 2. The number of nitrogens with one attached hydrogen (secondary N) is 2. The SMILES string of the molecule is O=C(CSc1ccc(F)c(F)c1)Nc1ccc(N2CCNC2=O)cc1. The van der Waals surface area contributed by atoms with Crippen molar-refractivity contribution in [3.05, 3.63) is 54.1 Å². The number of hydrogen-bond acceptors (Lipinski definition) is 3. The lowest BCUT2D eigenvalue weighted by molar-refractivity contribution is -0.113. The van der Waals surface area contributed by atoms with Crippen LogP contribution in [0.1, 0.15) is 0 Å². The maximum Gasteiger partial charge on any atom is 0.321 e. The quantitative estimate of drug-likeness (QED) is 0.802. The van der Waals surface area contributed by atoms with Crippen LogP contribution in [-0.4, -0.2) is 30.8 Å². The van der Waals surface area contributed by atoms with Crippen molar-refractivity contribution in [2.75, 3.05) is 29.1 Å². The van der Waals surface area contributed by atoms with Crippen LogP contribution in [0.15, 0.2) is 47.4 Å². The van der Waals surface area contributed by atoms with Gasteiger partial charge in [-0.1, -0.05) is 0 Å². The molecule has 0 unspecified atom stereocenters. The van der Waals surface area contributed by atoms with Crippen molar-refractivity contribution in [1.29, 1.82) is 0 Å². The van der Waals surface area contributed by atoms with E-state index >= 15 is 0 Å². The van der Waals surface area contributed by atoms with E-state index in [2.05, 4.69) is 10.6 Å². The summed E-state index contributed by atoms with van der Waals surface area (Å²) in [5.41, 5.74) is 1.35. The van der Waals surface area contributed by atoms with Crippen LogP contribution in [0.3, 0.4) is 0 Å². The third-order valence-corrected chi connectivity index (χ3v) is 4.57. The fourth-order valence-corrected chi connectivity index (χ4v) is 3.08. The van der Waals surface area contributed by atoms with Crippen LogP contribution in [-0.2, 0) is 4.79 Å². The molecule has 0 saturated carbocycles. The number of nitrogens with zero attached hydrogens (tertiary/aromatic N) is 1. The molecular formula is C17H15F2N3O2S. The molecule has 1 fully saturated rings. The molecule has 25 heavy (non-hydrogen) atoms. The number of carbonyl (C=O) groups is 2. The smallest absolute Gasteiger partial charge is 0.321 e.